The molecule has 0 aliphatic carbocycles. The minimum atomic E-state index is 0.112. The number of furan rings is 1. The van der Waals surface area contributed by atoms with E-state index in [4.69, 9.17) is 14.9 Å². The molecule has 0 aliphatic rings. The number of nitrogen functional groups attached to an aromatic ring is 1. The van der Waals surface area contributed by atoms with Gasteiger partial charge in [0.25, 0.3) is 0 Å². The average Bonchev–Trinajstić information content (AvgIpc) is 2.92. The normalized spacial score (nSPS) is 10.8. The lowest BCUT2D eigenvalue weighted by atomic mass is 10.2. The van der Waals surface area contributed by atoms with Crippen molar-refractivity contribution in [3.05, 3.63) is 24.8 Å². The molecule has 0 spiro atoms. The Bertz CT molecular complexity index is 711. The van der Waals surface area contributed by atoms with E-state index in [1.54, 1.807) is 24.8 Å². The van der Waals surface area contributed by atoms with E-state index in [1.807, 2.05) is 6.92 Å². The first kappa shape index (κ1) is 11.4. The van der Waals surface area contributed by atoms with Gasteiger partial charge in [-0.05, 0) is 13.0 Å². The van der Waals surface area contributed by atoms with Crippen LogP contribution < -0.4 is 10.5 Å². The van der Waals surface area contributed by atoms with Gasteiger partial charge in [-0.1, -0.05) is 0 Å². The highest BCUT2D eigenvalue weighted by molar-refractivity contribution is 5.79. The maximum Gasteiger partial charge on any atom is 0.247 e. The van der Waals surface area contributed by atoms with Crippen molar-refractivity contribution in [1.29, 1.82) is 0 Å². The van der Waals surface area contributed by atoms with Crippen LogP contribution in [0.15, 0.2) is 29.2 Å². The number of anilines is 1. The van der Waals surface area contributed by atoms with Crippen LogP contribution in [0, 0.1) is 0 Å². The molecule has 96 valence electrons. The lowest BCUT2D eigenvalue weighted by Crippen LogP contribution is -2.03. The molecule has 0 atom stereocenters. The van der Waals surface area contributed by atoms with Crippen molar-refractivity contribution in [2.45, 2.75) is 6.92 Å². The van der Waals surface area contributed by atoms with Gasteiger partial charge in [0.05, 0.1) is 31.0 Å². The van der Waals surface area contributed by atoms with Crippen LogP contribution in [0.2, 0.25) is 0 Å². The van der Waals surface area contributed by atoms with Crippen LogP contribution in [-0.2, 0) is 0 Å². The van der Waals surface area contributed by atoms with E-state index in [0.717, 1.165) is 5.56 Å². The van der Waals surface area contributed by atoms with Crippen LogP contribution in [-0.4, -0.2) is 26.5 Å². The second-order valence-corrected chi connectivity index (χ2v) is 3.76. The summed E-state index contributed by atoms with van der Waals surface area (Å²) in [7, 11) is 0. The number of nitrogens with zero attached hydrogens (tertiary/aromatic N) is 4. The molecule has 0 bridgehead atoms. The minimum Gasteiger partial charge on any atom is -0.476 e. The number of nitrogens with two attached hydrogens (primary N) is 1. The molecule has 0 amide bonds. The molecule has 0 radical (unpaired) electrons. The van der Waals surface area contributed by atoms with E-state index < -0.39 is 0 Å². The van der Waals surface area contributed by atoms with Crippen molar-refractivity contribution in [3.63, 3.8) is 0 Å². The zero-order valence-corrected chi connectivity index (χ0v) is 10.2. The molecule has 3 heterocycles. The van der Waals surface area contributed by atoms with Gasteiger partial charge in [0.1, 0.15) is 0 Å². The molecule has 0 saturated carbocycles. The van der Waals surface area contributed by atoms with Gasteiger partial charge in [0.2, 0.25) is 11.8 Å². The second kappa shape index (κ2) is 4.52. The standard InChI is InChI=1S/C12H11N5O2/c1-2-19-11-9-10(16-12(13)17-11)14-5-8(15-9)7-3-4-18-6-7/h3-6H,2H2,1H3,(H2,13,14,16,17). The highest BCUT2D eigenvalue weighted by atomic mass is 16.5. The van der Waals surface area contributed by atoms with Gasteiger partial charge in [0, 0.05) is 5.56 Å². The molecule has 7 heteroatoms. The topological polar surface area (TPSA) is 100.0 Å². The predicted molar refractivity (Wildman–Crippen MR) is 68.4 cm³/mol. The smallest absolute Gasteiger partial charge is 0.247 e. The second-order valence-electron chi connectivity index (χ2n) is 3.76. The monoisotopic (exact) mass is 257 g/mol. The Balaban J connectivity index is 2.20. The third-order valence-electron chi connectivity index (χ3n) is 2.49. The quantitative estimate of drug-likeness (QED) is 0.761. The Hall–Kier alpha value is -2.70. The highest BCUT2D eigenvalue weighted by Gasteiger charge is 2.12. The van der Waals surface area contributed by atoms with Crippen LogP contribution in [0.4, 0.5) is 5.95 Å². The van der Waals surface area contributed by atoms with Gasteiger partial charge in [-0.15, -0.1) is 0 Å². The lowest BCUT2D eigenvalue weighted by molar-refractivity contribution is 0.330. The van der Waals surface area contributed by atoms with Crippen LogP contribution in [0.5, 0.6) is 5.88 Å². The van der Waals surface area contributed by atoms with E-state index in [-0.39, 0.29) is 5.95 Å². The van der Waals surface area contributed by atoms with E-state index in [9.17, 15) is 0 Å². The summed E-state index contributed by atoms with van der Waals surface area (Å²) in [5.74, 6) is 0.448. The third kappa shape index (κ3) is 2.05. The van der Waals surface area contributed by atoms with Crippen molar-refractivity contribution in [2.75, 3.05) is 12.3 Å². The molecule has 3 aromatic heterocycles. The van der Waals surface area contributed by atoms with Crippen molar-refractivity contribution >= 4 is 17.1 Å². The summed E-state index contributed by atoms with van der Waals surface area (Å²) in [4.78, 5) is 16.7. The zero-order chi connectivity index (χ0) is 13.2. The first-order chi connectivity index (χ1) is 9.28. The molecular weight excluding hydrogens is 246 g/mol. The van der Waals surface area contributed by atoms with Crippen molar-refractivity contribution in [2.24, 2.45) is 0 Å². The maximum atomic E-state index is 5.60. The molecule has 3 rings (SSSR count). The van der Waals surface area contributed by atoms with E-state index in [2.05, 4.69) is 19.9 Å². The fourth-order valence-corrected chi connectivity index (χ4v) is 1.69. The van der Waals surface area contributed by atoms with Crippen LogP contribution in [0.1, 0.15) is 6.92 Å². The molecule has 2 N–H and O–H groups in total. The van der Waals surface area contributed by atoms with Gasteiger partial charge in [0.15, 0.2) is 11.2 Å². The number of hydrogen-bond donors (Lipinski definition) is 1. The lowest BCUT2D eigenvalue weighted by Gasteiger charge is -2.06. The molecule has 3 aromatic rings. The summed E-state index contributed by atoms with van der Waals surface area (Å²) in [6.45, 7) is 2.32. The largest absolute Gasteiger partial charge is 0.476 e. The molecule has 0 unspecified atom stereocenters. The van der Waals surface area contributed by atoms with Gasteiger partial charge in [-0.2, -0.15) is 9.97 Å². The summed E-state index contributed by atoms with van der Waals surface area (Å²) in [6, 6.07) is 1.80. The van der Waals surface area contributed by atoms with Crippen molar-refractivity contribution in [1.82, 2.24) is 19.9 Å². The van der Waals surface area contributed by atoms with Gasteiger partial charge >= 0.3 is 0 Å². The van der Waals surface area contributed by atoms with Gasteiger partial charge < -0.3 is 14.9 Å². The third-order valence-corrected chi connectivity index (χ3v) is 2.49. The Morgan fingerprint density at radius 1 is 1.32 bits per heavy atom. The van der Waals surface area contributed by atoms with E-state index in [0.29, 0.717) is 29.3 Å². The van der Waals surface area contributed by atoms with Crippen LogP contribution in [0.3, 0.4) is 0 Å². The summed E-state index contributed by atoms with van der Waals surface area (Å²) >= 11 is 0. The Morgan fingerprint density at radius 2 is 2.21 bits per heavy atom. The number of aromatic nitrogens is 4. The zero-order valence-electron chi connectivity index (χ0n) is 10.2. The molecule has 0 saturated heterocycles. The SMILES string of the molecule is CCOc1nc(N)nc2ncc(-c3ccoc3)nc12. The first-order valence-electron chi connectivity index (χ1n) is 5.73. The summed E-state index contributed by atoms with van der Waals surface area (Å²) < 4.78 is 10.4. The van der Waals surface area contributed by atoms with Crippen molar-refractivity contribution in [3.8, 4) is 17.1 Å². The molecule has 0 aliphatic heterocycles. The molecule has 0 fully saturated rings. The molecule has 7 nitrogen and oxygen atoms in total. The maximum absolute atomic E-state index is 5.60. The Labute approximate surface area is 108 Å². The van der Waals surface area contributed by atoms with E-state index in [1.165, 1.54) is 0 Å². The summed E-state index contributed by atoms with van der Waals surface area (Å²) in [5.41, 5.74) is 7.98. The predicted octanol–water partition coefficient (Wildman–Crippen LogP) is 1.66. The number of rotatable bonds is 3. The average molecular weight is 257 g/mol. The highest BCUT2D eigenvalue weighted by Crippen LogP contribution is 2.24. The van der Waals surface area contributed by atoms with Crippen molar-refractivity contribution < 1.29 is 9.15 Å². The summed E-state index contributed by atoms with van der Waals surface area (Å²) in [6.07, 6.45) is 4.77. The molecule has 19 heavy (non-hydrogen) atoms. The minimum absolute atomic E-state index is 0.112. The van der Waals surface area contributed by atoms with Crippen LogP contribution in [0.25, 0.3) is 22.4 Å². The fraction of sp³-hybridized carbons (Fsp3) is 0.167. The molecule has 0 aromatic carbocycles. The number of hydrogen-bond acceptors (Lipinski definition) is 7. The van der Waals surface area contributed by atoms with Gasteiger partial charge in [-0.25, -0.2) is 9.97 Å². The summed E-state index contributed by atoms with van der Waals surface area (Å²) in [5, 5.41) is 0. The first-order valence-corrected chi connectivity index (χ1v) is 5.73. The Kier molecular flexibility index (Phi) is 2.71. The number of fused-ring (bicyclic) bond motifs is 1. The molecular formula is C12H11N5O2. The van der Waals surface area contributed by atoms with Crippen LogP contribution >= 0.6 is 0 Å². The Morgan fingerprint density at radius 3 is 2.95 bits per heavy atom. The van der Waals surface area contributed by atoms with Gasteiger partial charge in [-0.3, -0.25) is 0 Å². The fourth-order valence-electron chi connectivity index (χ4n) is 1.69. The number of ether oxygens (including phenoxy) is 1. The van der Waals surface area contributed by atoms with E-state index >= 15 is 0 Å².